The van der Waals surface area contributed by atoms with Crippen LogP contribution in [0, 0.1) is 0 Å². The molecule has 0 saturated carbocycles. The number of furan rings is 1. The number of hydrogen-bond donors (Lipinski definition) is 2. The van der Waals surface area contributed by atoms with Crippen molar-refractivity contribution in [2.24, 2.45) is 0 Å². The van der Waals surface area contributed by atoms with Crippen LogP contribution >= 0.6 is 0 Å². The predicted molar refractivity (Wildman–Crippen MR) is 112 cm³/mol. The molecule has 3 rings (SSSR count). The van der Waals surface area contributed by atoms with Gasteiger partial charge in [0.05, 0.1) is 18.4 Å². The van der Waals surface area contributed by atoms with Gasteiger partial charge in [0.25, 0.3) is 11.8 Å². The van der Waals surface area contributed by atoms with Gasteiger partial charge in [-0.2, -0.15) is 0 Å². The van der Waals surface area contributed by atoms with Gasteiger partial charge in [0.2, 0.25) is 0 Å². The van der Waals surface area contributed by atoms with Crippen LogP contribution in [0.1, 0.15) is 33.4 Å². The standard InChI is InChI=1S/C23H20N2O5/c1-2-29-23(28)17-10-12-18(13-11-17)24-21(26)19(15-16-7-4-3-5-8-16)25-22(27)20-9-6-14-30-20/h3-15H,2H2,1H3,(H,24,26)(H,25,27). The zero-order valence-electron chi connectivity index (χ0n) is 16.3. The minimum atomic E-state index is -0.546. The van der Waals surface area contributed by atoms with Gasteiger partial charge >= 0.3 is 5.97 Å². The number of hydrogen-bond acceptors (Lipinski definition) is 5. The number of nitrogens with one attached hydrogen (secondary N) is 2. The van der Waals surface area contributed by atoms with E-state index < -0.39 is 17.8 Å². The van der Waals surface area contributed by atoms with Crippen LogP contribution in [0.4, 0.5) is 5.69 Å². The summed E-state index contributed by atoms with van der Waals surface area (Å²) in [6.45, 7) is 2.00. The fraction of sp³-hybridized carbons (Fsp3) is 0.0870. The molecule has 3 aromatic rings. The first-order valence-corrected chi connectivity index (χ1v) is 9.27. The van der Waals surface area contributed by atoms with Crippen molar-refractivity contribution in [3.05, 3.63) is 95.6 Å². The lowest BCUT2D eigenvalue weighted by molar-refractivity contribution is -0.113. The maximum absolute atomic E-state index is 12.8. The van der Waals surface area contributed by atoms with E-state index in [0.717, 1.165) is 5.56 Å². The molecular formula is C23H20N2O5. The highest BCUT2D eigenvalue weighted by Crippen LogP contribution is 2.13. The molecule has 0 aliphatic heterocycles. The Bertz CT molecular complexity index is 1040. The van der Waals surface area contributed by atoms with Crippen LogP contribution in [-0.2, 0) is 9.53 Å². The fourth-order valence-corrected chi connectivity index (χ4v) is 2.57. The molecule has 2 amide bonds. The van der Waals surface area contributed by atoms with Crippen molar-refractivity contribution in [1.82, 2.24) is 5.32 Å². The molecular weight excluding hydrogens is 384 g/mol. The van der Waals surface area contributed by atoms with E-state index in [9.17, 15) is 14.4 Å². The second-order valence-electron chi connectivity index (χ2n) is 6.15. The van der Waals surface area contributed by atoms with Gasteiger partial charge < -0.3 is 19.8 Å². The largest absolute Gasteiger partial charge is 0.462 e. The van der Waals surface area contributed by atoms with E-state index in [1.807, 2.05) is 18.2 Å². The Labute approximate surface area is 173 Å². The maximum atomic E-state index is 12.8. The molecule has 0 aliphatic rings. The minimum absolute atomic E-state index is 0.0390. The number of anilines is 1. The molecule has 7 nitrogen and oxygen atoms in total. The zero-order chi connectivity index (χ0) is 21.3. The first-order chi connectivity index (χ1) is 14.6. The molecule has 7 heteroatoms. The molecule has 2 aromatic carbocycles. The number of ether oxygens (including phenoxy) is 1. The molecule has 0 atom stereocenters. The average Bonchev–Trinajstić information content (AvgIpc) is 3.30. The molecule has 0 saturated heterocycles. The van der Waals surface area contributed by atoms with E-state index in [0.29, 0.717) is 11.3 Å². The first-order valence-electron chi connectivity index (χ1n) is 9.27. The van der Waals surface area contributed by atoms with Crippen LogP contribution < -0.4 is 10.6 Å². The van der Waals surface area contributed by atoms with E-state index in [1.54, 1.807) is 55.5 Å². The third-order valence-electron chi connectivity index (χ3n) is 4.00. The monoisotopic (exact) mass is 404 g/mol. The van der Waals surface area contributed by atoms with Crippen molar-refractivity contribution in [2.75, 3.05) is 11.9 Å². The quantitative estimate of drug-likeness (QED) is 0.460. The lowest BCUT2D eigenvalue weighted by atomic mass is 10.1. The molecule has 0 unspecified atom stereocenters. The number of amides is 2. The average molecular weight is 404 g/mol. The Morgan fingerprint density at radius 2 is 1.70 bits per heavy atom. The molecule has 1 heterocycles. The summed E-state index contributed by atoms with van der Waals surface area (Å²) < 4.78 is 10.0. The SMILES string of the molecule is CCOC(=O)c1ccc(NC(=O)C(=Cc2ccccc2)NC(=O)c2ccco2)cc1. The van der Waals surface area contributed by atoms with Gasteiger partial charge in [-0.15, -0.1) is 0 Å². The number of benzene rings is 2. The molecule has 0 spiro atoms. The highest BCUT2D eigenvalue weighted by molar-refractivity contribution is 6.10. The second kappa shape index (κ2) is 9.88. The van der Waals surface area contributed by atoms with Crippen molar-refractivity contribution in [3.63, 3.8) is 0 Å². The van der Waals surface area contributed by atoms with Crippen molar-refractivity contribution < 1.29 is 23.5 Å². The normalized spacial score (nSPS) is 10.9. The number of esters is 1. The molecule has 0 radical (unpaired) electrons. The number of carbonyl (C=O) groups is 3. The third kappa shape index (κ3) is 5.45. The maximum Gasteiger partial charge on any atom is 0.338 e. The van der Waals surface area contributed by atoms with Gasteiger partial charge in [-0.05, 0) is 55.0 Å². The topological polar surface area (TPSA) is 97.6 Å². The van der Waals surface area contributed by atoms with Gasteiger partial charge in [0.1, 0.15) is 5.70 Å². The predicted octanol–water partition coefficient (Wildman–Crippen LogP) is 3.87. The highest BCUT2D eigenvalue weighted by Gasteiger charge is 2.17. The van der Waals surface area contributed by atoms with Gasteiger partial charge in [-0.25, -0.2) is 4.79 Å². The fourth-order valence-electron chi connectivity index (χ4n) is 2.57. The van der Waals surface area contributed by atoms with Gasteiger partial charge in [-0.3, -0.25) is 9.59 Å². The van der Waals surface area contributed by atoms with E-state index in [2.05, 4.69) is 10.6 Å². The zero-order valence-corrected chi connectivity index (χ0v) is 16.3. The van der Waals surface area contributed by atoms with Crippen LogP contribution in [-0.4, -0.2) is 24.4 Å². The van der Waals surface area contributed by atoms with E-state index in [-0.39, 0.29) is 18.1 Å². The Morgan fingerprint density at radius 3 is 2.33 bits per heavy atom. The number of carbonyl (C=O) groups excluding carboxylic acids is 3. The Hall–Kier alpha value is -4.13. The van der Waals surface area contributed by atoms with Crippen LogP contribution in [0.2, 0.25) is 0 Å². The van der Waals surface area contributed by atoms with E-state index >= 15 is 0 Å². The summed E-state index contributed by atoms with van der Waals surface area (Å²) in [5.41, 5.74) is 1.61. The second-order valence-corrected chi connectivity index (χ2v) is 6.15. The Kier molecular flexibility index (Phi) is 6.78. The van der Waals surface area contributed by atoms with E-state index in [4.69, 9.17) is 9.15 Å². The highest BCUT2D eigenvalue weighted by atomic mass is 16.5. The molecule has 0 bridgehead atoms. The molecule has 0 fully saturated rings. The van der Waals surface area contributed by atoms with E-state index in [1.165, 1.54) is 12.3 Å². The molecule has 152 valence electrons. The molecule has 2 N–H and O–H groups in total. The van der Waals surface area contributed by atoms with Gasteiger partial charge in [0.15, 0.2) is 5.76 Å². The lowest BCUT2D eigenvalue weighted by Crippen LogP contribution is -2.30. The van der Waals surface area contributed by atoms with Crippen LogP contribution in [0.25, 0.3) is 6.08 Å². The molecule has 0 aliphatic carbocycles. The number of rotatable bonds is 7. The summed E-state index contributed by atoms with van der Waals surface area (Å²) in [4.78, 5) is 36.9. The summed E-state index contributed by atoms with van der Waals surface area (Å²) in [5.74, 6) is -1.43. The van der Waals surface area contributed by atoms with Gasteiger partial charge in [0, 0.05) is 5.69 Å². The van der Waals surface area contributed by atoms with Crippen molar-refractivity contribution in [2.45, 2.75) is 6.92 Å². The summed E-state index contributed by atoms with van der Waals surface area (Å²) >= 11 is 0. The third-order valence-corrected chi connectivity index (χ3v) is 4.00. The van der Waals surface area contributed by atoms with Crippen LogP contribution in [0.15, 0.2) is 83.1 Å². The smallest absolute Gasteiger partial charge is 0.338 e. The lowest BCUT2D eigenvalue weighted by Gasteiger charge is -2.11. The molecule has 30 heavy (non-hydrogen) atoms. The first kappa shape index (κ1) is 20.6. The van der Waals surface area contributed by atoms with Crippen molar-refractivity contribution in [3.8, 4) is 0 Å². The summed E-state index contributed by atoms with van der Waals surface area (Å²) in [6.07, 6.45) is 2.93. The van der Waals surface area contributed by atoms with Gasteiger partial charge in [-0.1, -0.05) is 30.3 Å². The van der Waals surface area contributed by atoms with Crippen molar-refractivity contribution in [1.29, 1.82) is 0 Å². The summed E-state index contributed by atoms with van der Waals surface area (Å²) in [5, 5.41) is 5.28. The summed E-state index contributed by atoms with van der Waals surface area (Å²) in [7, 11) is 0. The summed E-state index contributed by atoms with van der Waals surface area (Å²) in [6, 6.07) is 18.5. The molecule has 1 aromatic heterocycles. The van der Waals surface area contributed by atoms with Crippen molar-refractivity contribution >= 4 is 29.5 Å². The minimum Gasteiger partial charge on any atom is -0.462 e. The van der Waals surface area contributed by atoms with Crippen LogP contribution in [0.3, 0.4) is 0 Å². The van der Waals surface area contributed by atoms with Crippen LogP contribution in [0.5, 0.6) is 0 Å². The Morgan fingerprint density at radius 1 is 0.967 bits per heavy atom. The Balaban J connectivity index is 1.78.